The molecule has 1 amide bonds. The number of hydrogen-bond donors (Lipinski definition) is 1. The van der Waals surface area contributed by atoms with E-state index < -0.39 is 11.2 Å². The van der Waals surface area contributed by atoms with Crippen LogP contribution in [-0.4, -0.2) is 30.6 Å². The van der Waals surface area contributed by atoms with Crippen molar-refractivity contribution in [2.75, 3.05) is 0 Å². The van der Waals surface area contributed by atoms with Crippen LogP contribution in [0.4, 0.5) is 0 Å². The van der Waals surface area contributed by atoms with Crippen molar-refractivity contribution in [3.05, 3.63) is 63.1 Å². The zero-order chi connectivity index (χ0) is 24.4. The van der Waals surface area contributed by atoms with E-state index in [4.69, 9.17) is 0 Å². The van der Waals surface area contributed by atoms with E-state index in [1.807, 2.05) is 30.3 Å². The Kier molecular flexibility index (Phi) is 7.05. The molecule has 0 radical (unpaired) electrons. The Morgan fingerprint density at radius 3 is 2.56 bits per heavy atom. The third-order valence-electron chi connectivity index (χ3n) is 7.08. The van der Waals surface area contributed by atoms with Gasteiger partial charge >= 0.3 is 5.69 Å². The molecule has 1 aromatic carbocycles. The predicted molar refractivity (Wildman–Crippen MR) is 133 cm³/mol. The van der Waals surface area contributed by atoms with Gasteiger partial charge in [0.05, 0.1) is 12.9 Å². The van der Waals surface area contributed by atoms with E-state index in [1.165, 1.54) is 4.57 Å². The molecule has 0 spiro atoms. The van der Waals surface area contributed by atoms with Crippen molar-refractivity contribution in [3.63, 3.8) is 0 Å². The van der Waals surface area contributed by atoms with E-state index in [0.717, 1.165) is 29.4 Å². The van der Waals surface area contributed by atoms with Gasteiger partial charge in [-0.05, 0) is 29.7 Å². The maximum absolute atomic E-state index is 13.5. The van der Waals surface area contributed by atoms with Crippen molar-refractivity contribution < 1.29 is 4.79 Å². The zero-order valence-corrected chi connectivity index (χ0v) is 20.5. The summed E-state index contributed by atoms with van der Waals surface area (Å²) >= 11 is 0. The van der Waals surface area contributed by atoms with Gasteiger partial charge in [-0.25, -0.2) is 14.3 Å². The van der Waals surface area contributed by atoms with Crippen molar-refractivity contribution in [2.45, 2.75) is 72.6 Å². The third kappa shape index (κ3) is 4.86. The topological polar surface area (TPSA) is 90.9 Å². The van der Waals surface area contributed by atoms with Gasteiger partial charge in [-0.2, -0.15) is 0 Å². The summed E-state index contributed by atoms with van der Waals surface area (Å²) in [6.07, 6.45) is 4.77. The molecule has 1 fully saturated rings. The molecule has 1 aliphatic carbocycles. The Bertz CT molecular complexity index is 1270. The maximum atomic E-state index is 13.5. The molecule has 0 bridgehead atoms. The Labute approximate surface area is 199 Å². The summed E-state index contributed by atoms with van der Waals surface area (Å²) in [5.74, 6) is 0.884. The minimum Gasteiger partial charge on any atom is -0.352 e. The van der Waals surface area contributed by atoms with Crippen LogP contribution in [0.5, 0.6) is 0 Å². The van der Waals surface area contributed by atoms with Crippen LogP contribution >= 0.6 is 0 Å². The molecular formula is C26H35N5O3. The number of carbonyl (C=O) groups is 1. The highest BCUT2D eigenvalue weighted by atomic mass is 16.2. The number of aromatic nitrogens is 4. The molecule has 1 N–H and O–H groups in total. The molecule has 3 aromatic rings. The highest BCUT2D eigenvalue weighted by Gasteiger charge is 2.29. The number of imidazole rings is 1. The molecule has 1 saturated carbocycles. The summed E-state index contributed by atoms with van der Waals surface area (Å²) in [4.78, 5) is 44.4. The highest BCUT2D eigenvalue weighted by molar-refractivity contribution is 5.77. The lowest BCUT2D eigenvalue weighted by Gasteiger charge is -2.34. The number of nitrogens with one attached hydrogen (secondary N) is 1. The number of carbonyl (C=O) groups excluding carboxylic acids is 1. The number of nitrogens with zero attached hydrogens (tertiary/aromatic N) is 4. The second-order valence-electron chi connectivity index (χ2n) is 10.1. The number of rotatable bonds is 7. The molecule has 34 heavy (non-hydrogen) atoms. The first-order chi connectivity index (χ1) is 16.3. The number of benzene rings is 1. The molecular weight excluding hydrogens is 430 g/mol. The molecule has 0 unspecified atom stereocenters. The van der Waals surface area contributed by atoms with Crippen LogP contribution in [0.3, 0.4) is 0 Å². The fourth-order valence-corrected chi connectivity index (χ4v) is 5.00. The Morgan fingerprint density at radius 2 is 1.85 bits per heavy atom. The fraction of sp³-hybridized carbons (Fsp3) is 0.538. The van der Waals surface area contributed by atoms with Crippen molar-refractivity contribution in [1.82, 2.24) is 24.0 Å². The smallest absolute Gasteiger partial charge is 0.333 e. The summed E-state index contributed by atoms with van der Waals surface area (Å²) in [6, 6.07) is 9.65. The summed E-state index contributed by atoms with van der Waals surface area (Å²) < 4.78 is 4.36. The van der Waals surface area contributed by atoms with E-state index in [0.29, 0.717) is 29.5 Å². The molecule has 4 rings (SSSR count). The van der Waals surface area contributed by atoms with Crippen LogP contribution in [0.1, 0.15) is 52.5 Å². The Hall–Kier alpha value is -3.16. The first kappa shape index (κ1) is 24.0. The molecule has 1 aliphatic rings. The molecule has 0 saturated heterocycles. The van der Waals surface area contributed by atoms with E-state index in [9.17, 15) is 14.4 Å². The van der Waals surface area contributed by atoms with Crippen LogP contribution in [0.2, 0.25) is 0 Å². The SMILES string of the molecule is CC(C)Cn1cnc2c1c(=O)n(CC(=O)N[C@H]1CCC[C@@H](C)[C@H]1C)c(=O)n2Cc1ccccc1. The minimum atomic E-state index is -0.517. The second kappa shape index (κ2) is 9.99. The third-order valence-corrected chi connectivity index (χ3v) is 7.08. The minimum absolute atomic E-state index is 0.0636. The first-order valence-corrected chi connectivity index (χ1v) is 12.3. The van der Waals surface area contributed by atoms with Crippen LogP contribution in [0.25, 0.3) is 11.2 Å². The summed E-state index contributed by atoms with van der Waals surface area (Å²) in [6.45, 7) is 9.05. The van der Waals surface area contributed by atoms with E-state index in [-0.39, 0.29) is 31.0 Å². The zero-order valence-electron chi connectivity index (χ0n) is 20.5. The Morgan fingerprint density at radius 1 is 1.12 bits per heavy atom. The van der Waals surface area contributed by atoms with Gasteiger partial charge in [0.15, 0.2) is 11.2 Å². The molecule has 0 aliphatic heterocycles. The van der Waals surface area contributed by atoms with Gasteiger partial charge in [-0.1, -0.05) is 70.9 Å². The molecule has 3 atom stereocenters. The predicted octanol–water partition coefficient (Wildman–Crippen LogP) is 3.00. The molecule has 182 valence electrons. The van der Waals surface area contributed by atoms with Crippen LogP contribution in [0.15, 0.2) is 46.2 Å². The number of fused-ring (bicyclic) bond motifs is 1. The van der Waals surface area contributed by atoms with Crippen LogP contribution in [-0.2, 0) is 24.4 Å². The van der Waals surface area contributed by atoms with Crippen molar-refractivity contribution in [2.24, 2.45) is 17.8 Å². The lowest BCUT2D eigenvalue weighted by atomic mass is 9.78. The summed E-state index contributed by atoms with van der Waals surface area (Å²) in [5.41, 5.74) is 0.644. The van der Waals surface area contributed by atoms with Crippen molar-refractivity contribution in [3.8, 4) is 0 Å². The Balaban J connectivity index is 1.73. The van der Waals surface area contributed by atoms with Gasteiger partial charge in [-0.3, -0.25) is 14.2 Å². The molecule has 8 nitrogen and oxygen atoms in total. The van der Waals surface area contributed by atoms with E-state index >= 15 is 0 Å². The van der Waals surface area contributed by atoms with Crippen molar-refractivity contribution in [1.29, 1.82) is 0 Å². The number of amides is 1. The van der Waals surface area contributed by atoms with Gasteiger partial charge in [0, 0.05) is 12.6 Å². The maximum Gasteiger partial charge on any atom is 0.333 e. The van der Waals surface area contributed by atoms with Crippen molar-refractivity contribution >= 4 is 17.1 Å². The number of hydrogen-bond acceptors (Lipinski definition) is 4. The van der Waals surface area contributed by atoms with Crippen LogP contribution in [0, 0.1) is 17.8 Å². The van der Waals surface area contributed by atoms with Gasteiger partial charge in [0.1, 0.15) is 6.54 Å². The molecule has 2 heterocycles. The quantitative estimate of drug-likeness (QED) is 0.581. The van der Waals surface area contributed by atoms with E-state index in [1.54, 1.807) is 10.9 Å². The average molecular weight is 466 g/mol. The average Bonchev–Trinajstić information content (AvgIpc) is 3.21. The lowest BCUT2D eigenvalue weighted by molar-refractivity contribution is -0.123. The first-order valence-electron chi connectivity index (χ1n) is 12.3. The lowest BCUT2D eigenvalue weighted by Crippen LogP contribution is -2.48. The highest BCUT2D eigenvalue weighted by Crippen LogP contribution is 2.29. The monoisotopic (exact) mass is 465 g/mol. The van der Waals surface area contributed by atoms with Gasteiger partial charge in [0.2, 0.25) is 5.91 Å². The molecule has 8 heteroatoms. The van der Waals surface area contributed by atoms with Gasteiger partial charge < -0.3 is 9.88 Å². The second-order valence-corrected chi connectivity index (χ2v) is 10.1. The summed E-state index contributed by atoms with van der Waals surface area (Å²) in [5, 5.41) is 3.09. The van der Waals surface area contributed by atoms with E-state index in [2.05, 4.69) is 38.0 Å². The standard InChI is InChI=1S/C26H35N5O3/c1-17(2)13-29-16-27-24-23(29)25(33)31(26(34)30(24)14-20-10-6-5-7-11-20)15-22(32)28-21-12-8-9-18(3)19(21)4/h5-7,10-11,16-19,21H,8-9,12-15H2,1-4H3,(H,28,32)/t18-,19-,21+/m1/s1. The normalized spacial score (nSPS) is 20.7. The fourth-order valence-electron chi connectivity index (χ4n) is 5.00. The van der Waals surface area contributed by atoms with Gasteiger partial charge in [0.25, 0.3) is 5.56 Å². The summed E-state index contributed by atoms with van der Waals surface area (Å²) in [7, 11) is 0. The van der Waals surface area contributed by atoms with Gasteiger partial charge in [-0.15, -0.1) is 0 Å². The van der Waals surface area contributed by atoms with Crippen LogP contribution < -0.4 is 16.6 Å². The molecule has 2 aromatic heterocycles. The largest absolute Gasteiger partial charge is 0.352 e.